The van der Waals surface area contributed by atoms with Crippen molar-refractivity contribution in [3.63, 3.8) is 0 Å². The smallest absolute Gasteiger partial charge is 0.145 e. The van der Waals surface area contributed by atoms with Gasteiger partial charge in [0.05, 0.1) is 0 Å². The van der Waals surface area contributed by atoms with Crippen LogP contribution in [0, 0.1) is 5.82 Å². The molecule has 5 nitrogen and oxygen atoms in total. The molecule has 0 aliphatic rings. The number of nitrogens with two attached hydrogens (primary N) is 1. The minimum absolute atomic E-state index is 0.218. The van der Waals surface area contributed by atoms with Gasteiger partial charge in [-0.3, -0.25) is 0 Å². The maximum absolute atomic E-state index is 13.7. The highest BCUT2D eigenvalue weighted by atomic mass is 19.1. The highest BCUT2D eigenvalue weighted by molar-refractivity contribution is 5.48. The maximum Gasteiger partial charge on any atom is 0.145 e. The van der Waals surface area contributed by atoms with Gasteiger partial charge in [-0.2, -0.15) is 0 Å². The van der Waals surface area contributed by atoms with Crippen LogP contribution in [0.4, 0.5) is 16.0 Å². The lowest BCUT2D eigenvalue weighted by Gasteiger charge is -2.20. The molecule has 2 rings (SSSR count). The Bertz CT molecular complexity index is 602. The zero-order valence-electron chi connectivity index (χ0n) is 12.3. The molecule has 0 unspecified atom stereocenters. The fourth-order valence-corrected chi connectivity index (χ4v) is 2.05. The summed E-state index contributed by atoms with van der Waals surface area (Å²) in [7, 11) is 1.87. The normalized spacial score (nSPS) is 10.5. The molecule has 0 saturated carbocycles. The quantitative estimate of drug-likeness (QED) is 0.632. The third kappa shape index (κ3) is 3.88. The van der Waals surface area contributed by atoms with Crippen LogP contribution in [-0.2, 0) is 13.0 Å². The van der Waals surface area contributed by atoms with Gasteiger partial charge in [-0.05, 0) is 12.5 Å². The van der Waals surface area contributed by atoms with Crippen molar-refractivity contribution in [2.45, 2.75) is 26.3 Å². The Hall–Kier alpha value is -2.21. The fourth-order valence-electron chi connectivity index (χ4n) is 2.05. The highest BCUT2D eigenvalue weighted by Crippen LogP contribution is 2.18. The first kappa shape index (κ1) is 15.2. The van der Waals surface area contributed by atoms with Crippen molar-refractivity contribution >= 4 is 11.6 Å². The molecule has 0 spiro atoms. The molecule has 0 aliphatic heterocycles. The predicted octanol–water partition coefficient (Wildman–Crippen LogP) is 2.49. The molecular formula is C15H20FN5. The van der Waals surface area contributed by atoms with E-state index >= 15 is 0 Å². The van der Waals surface area contributed by atoms with Crippen molar-refractivity contribution in [1.29, 1.82) is 0 Å². The van der Waals surface area contributed by atoms with Crippen LogP contribution in [0.1, 0.15) is 24.7 Å². The average molecular weight is 289 g/mol. The van der Waals surface area contributed by atoms with E-state index in [1.165, 1.54) is 6.07 Å². The number of nitrogen functional groups attached to an aromatic ring is 1. The Labute approximate surface area is 124 Å². The summed E-state index contributed by atoms with van der Waals surface area (Å²) in [5, 5.41) is 0. The second-order valence-corrected chi connectivity index (χ2v) is 4.87. The largest absolute Gasteiger partial charge is 0.355 e. The van der Waals surface area contributed by atoms with Gasteiger partial charge in [0.2, 0.25) is 0 Å². The molecule has 0 aliphatic carbocycles. The van der Waals surface area contributed by atoms with Gasteiger partial charge in [0.25, 0.3) is 0 Å². The second-order valence-electron chi connectivity index (χ2n) is 4.87. The van der Waals surface area contributed by atoms with Gasteiger partial charge in [-0.1, -0.05) is 25.1 Å². The molecule has 6 heteroatoms. The molecule has 0 fully saturated rings. The summed E-state index contributed by atoms with van der Waals surface area (Å²) in [5.74, 6) is 7.22. The summed E-state index contributed by atoms with van der Waals surface area (Å²) in [4.78, 5) is 10.7. The average Bonchev–Trinajstić information content (AvgIpc) is 2.49. The molecule has 0 atom stereocenters. The molecule has 112 valence electrons. The van der Waals surface area contributed by atoms with E-state index in [0.717, 1.165) is 18.7 Å². The topological polar surface area (TPSA) is 67.1 Å². The van der Waals surface area contributed by atoms with E-state index < -0.39 is 0 Å². The van der Waals surface area contributed by atoms with Crippen LogP contribution >= 0.6 is 0 Å². The van der Waals surface area contributed by atoms with E-state index in [9.17, 15) is 4.39 Å². The molecule has 2 aromatic rings. The van der Waals surface area contributed by atoms with Gasteiger partial charge >= 0.3 is 0 Å². The zero-order chi connectivity index (χ0) is 15.2. The lowest BCUT2D eigenvalue weighted by atomic mass is 10.2. The van der Waals surface area contributed by atoms with Crippen LogP contribution in [0.15, 0.2) is 30.3 Å². The Kier molecular flexibility index (Phi) is 5.05. The van der Waals surface area contributed by atoms with Crippen LogP contribution in [0.5, 0.6) is 0 Å². The van der Waals surface area contributed by atoms with Gasteiger partial charge in [0.15, 0.2) is 0 Å². The molecular weight excluding hydrogens is 269 g/mol. The number of nitrogens with zero attached hydrogens (tertiary/aromatic N) is 3. The van der Waals surface area contributed by atoms with Crippen LogP contribution in [0.25, 0.3) is 0 Å². The molecule has 21 heavy (non-hydrogen) atoms. The lowest BCUT2D eigenvalue weighted by Crippen LogP contribution is -2.20. The predicted molar refractivity (Wildman–Crippen MR) is 82.3 cm³/mol. The number of aryl methyl sites for hydroxylation is 1. The third-order valence-electron chi connectivity index (χ3n) is 3.14. The van der Waals surface area contributed by atoms with Gasteiger partial charge in [-0.15, -0.1) is 0 Å². The Morgan fingerprint density at radius 3 is 2.71 bits per heavy atom. The SMILES string of the molecule is CCCc1nc(NN)cc(N(C)Cc2ccccc2F)n1. The van der Waals surface area contributed by atoms with E-state index in [1.54, 1.807) is 18.2 Å². The summed E-state index contributed by atoms with van der Waals surface area (Å²) in [6.45, 7) is 2.49. The number of hydrogen-bond acceptors (Lipinski definition) is 5. The van der Waals surface area contributed by atoms with E-state index in [0.29, 0.717) is 23.7 Å². The van der Waals surface area contributed by atoms with Crippen LogP contribution in [0.3, 0.4) is 0 Å². The minimum Gasteiger partial charge on any atom is -0.355 e. The summed E-state index contributed by atoms with van der Waals surface area (Å²) in [6.07, 6.45) is 1.72. The number of anilines is 2. The summed E-state index contributed by atoms with van der Waals surface area (Å²) in [6, 6.07) is 8.47. The van der Waals surface area contributed by atoms with E-state index in [-0.39, 0.29) is 5.82 Å². The number of aromatic nitrogens is 2. The molecule has 1 aromatic carbocycles. The minimum atomic E-state index is -0.218. The van der Waals surface area contributed by atoms with Crippen LogP contribution in [-0.4, -0.2) is 17.0 Å². The number of halogens is 1. The number of rotatable bonds is 6. The molecule has 0 saturated heterocycles. The lowest BCUT2D eigenvalue weighted by molar-refractivity contribution is 0.607. The standard InChI is InChI=1S/C15H20FN5/c1-3-6-13-18-14(20-17)9-15(19-13)21(2)10-11-7-4-5-8-12(11)16/h4-5,7-9H,3,6,10,17H2,1-2H3,(H,18,19,20). The van der Waals surface area contributed by atoms with Crippen LogP contribution in [0.2, 0.25) is 0 Å². The second kappa shape index (κ2) is 6.99. The van der Waals surface area contributed by atoms with Gasteiger partial charge in [0, 0.05) is 31.6 Å². The number of benzene rings is 1. The van der Waals surface area contributed by atoms with E-state index in [4.69, 9.17) is 5.84 Å². The van der Waals surface area contributed by atoms with Crippen molar-refractivity contribution in [3.05, 3.63) is 47.5 Å². The van der Waals surface area contributed by atoms with Crippen molar-refractivity contribution < 1.29 is 4.39 Å². The summed E-state index contributed by atoms with van der Waals surface area (Å²) in [5.41, 5.74) is 3.17. The van der Waals surface area contributed by atoms with Crippen molar-refractivity contribution in [2.75, 3.05) is 17.4 Å². The summed E-state index contributed by atoms with van der Waals surface area (Å²) < 4.78 is 13.7. The number of hydrogen-bond donors (Lipinski definition) is 2. The van der Waals surface area contributed by atoms with E-state index in [2.05, 4.69) is 22.3 Å². The Morgan fingerprint density at radius 2 is 2.05 bits per heavy atom. The van der Waals surface area contributed by atoms with Gasteiger partial charge in [-0.25, -0.2) is 20.2 Å². The Morgan fingerprint density at radius 1 is 1.29 bits per heavy atom. The zero-order valence-corrected chi connectivity index (χ0v) is 12.3. The van der Waals surface area contributed by atoms with Crippen LogP contribution < -0.4 is 16.2 Å². The molecule has 0 amide bonds. The molecule has 0 bridgehead atoms. The van der Waals surface area contributed by atoms with E-state index in [1.807, 2.05) is 18.0 Å². The van der Waals surface area contributed by atoms with Crippen molar-refractivity contribution in [1.82, 2.24) is 9.97 Å². The first-order chi connectivity index (χ1) is 10.1. The molecule has 0 radical (unpaired) electrons. The molecule has 1 heterocycles. The monoisotopic (exact) mass is 289 g/mol. The summed E-state index contributed by atoms with van der Waals surface area (Å²) >= 11 is 0. The number of hydrazine groups is 1. The first-order valence-electron chi connectivity index (χ1n) is 6.93. The van der Waals surface area contributed by atoms with Gasteiger partial charge in [0.1, 0.15) is 23.3 Å². The maximum atomic E-state index is 13.7. The molecule has 3 N–H and O–H groups in total. The molecule has 1 aromatic heterocycles. The number of nitrogens with one attached hydrogen (secondary N) is 1. The van der Waals surface area contributed by atoms with Crippen molar-refractivity contribution in [2.24, 2.45) is 5.84 Å². The Balaban J connectivity index is 2.23. The van der Waals surface area contributed by atoms with Gasteiger partial charge < -0.3 is 10.3 Å². The highest BCUT2D eigenvalue weighted by Gasteiger charge is 2.10. The third-order valence-corrected chi connectivity index (χ3v) is 3.14. The first-order valence-corrected chi connectivity index (χ1v) is 6.93. The fraction of sp³-hybridized carbons (Fsp3) is 0.333. The van der Waals surface area contributed by atoms with Crippen molar-refractivity contribution in [3.8, 4) is 0 Å².